The van der Waals surface area contributed by atoms with Crippen molar-refractivity contribution < 1.29 is 9.59 Å². The lowest BCUT2D eigenvalue weighted by atomic mass is 10.0. The zero-order valence-corrected chi connectivity index (χ0v) is 16.5. The van der Waals surface area contributed by atoms with Crippen molar-refractivity contribution in [1.29, 1.82) is 0 Å². The summed E-state index contributed by atoms with van der Waals surface area (Å²) in [5.74, 6) is -0.717. The second-order valence-electron chi connectivity index (χ2n) is 7.07. The second kappa shape index (κ2) is 8.05. The number of carbonyl (C=O) groups excluding carboxylic acids is 2. The smallest absolute Gasteiger partial charge is 0.267 e. The lowest BCUT2D eigenvalue weighted by molar-refractivity contribution is 0.0656. The summed E-state index contributed by atoms with van der Waals surface area (Å²) in [6, 6.07) is 18.3. The molecule has 29 heavy (non-hydrogen) atoms. The molecular formula is C23H20ClN3O2. The Bertz CT molecular complexity index is 1070. The van der Waals surface area contributed by atoms with Crippen molar-refractivity contribution in [3.8, 4) is 0 Å². The van der Waals surface area contributed by atoms with Gasteiger partial charge in [0.15, 0.2) is 0 Å². The number of halogens is 1. The van der Waals surface area contributed by atoms with Gasteiger partial charge in [-0.25, -0.2) is 0 Å². The summed E-state index contributed by atoms with van der Waals surface area (Å²) in [6.45, 7) is 0.233. The van der Waals surface area contributed by atoms with Crippen molar-refractivity contribution in [2.75, 3.05) is 0 Å². The number of hydrogen-bond donors (Lipinski definition) is 1. The van der Waals surface area contributed by atoms with Crippen LogP contribution in [0.1, 0.15) is 50.0 Å². The van der Waals surface area contributed by atoms with Gasteiger partial charge in [-0.15, -0.1) is 0 Å². The number of primary amides is 1. The molecule has 0 bridgehead atoms. The molecule has 4 rings (SSSR count). The zero-order valence-electron chi connectivity index (χ0n) is 15.7. The molecule has 3 aromatic rings. The summed E-state index contributed by atoms with van der Waals surface area (Å²) >= 11 is 6.24. The third kappa shape index (κ3) is 3.87. The van der Waals surface area contributed by atoms with E-state index in [1.807, 2.05) is 36.4 Å². The van der Waals surface area contributed by atoms with Crippen LogP contribution in [0.3, 0.4) is 0 Å². The van der Waals surface area contributed by atoms with E-state index in [4.69, 9.17) is 17.3 Å². The Morgan fingerprint density at radius 3 is 2.66 bits per heavy atom. The number of aromatic nitrogens is 1. The summed E-state index contributed by atoms with van der Waals surface area (Å²) in [6.07, 6.45) is 3.18. The minimum atomic E-state index is -0.609. The van der Waals surface area contributed by atoms with E-state index in [-0.39, 0.29) is 24.2 Å². The Hall–Kier alpha value is -3.18. The summed E-state index contributed by atoms with van der Waals surface area (Å²) in [5, 5.41) is 0.641. The quantitative estimate of drug-likeness (QED) is 0.692. The second-order valence-corrected chi connectivity index (χ2v) is 7.51. The highest BCUT2D eigenvalue weighted by atomic mass is 35.5. The number of rotatable bonds is 5. The van der Waals surface area contributed by atoms with E-state index in [2.05, 4.69) is 4.98 Å². The van der Waals surface area contributed by atoms with E-state index in [1.165, 1.54) is 11.8 Å². The van der Waals surface area contributed by atoms with Gasteiger partial charge in [-0.3, -0.25) is 14.6 Å². The van der Waals surface area contributed by atoms with Crippen LogP contribution >= 0.6 is 11.6 Å². The van der Waals surface area contributed by atoms with Gasteiger partial charge in [-0.1, -0.05) is 41.9 Å². The van der Waals surface area contributed by atoms with E-state index in [1.54, 1.807) is 29.2 Å². The van der Waals surface area contributed by atoms with Crippen LogP contribution in [0.15, 0.2) is 66.9 Å². The molecule has 0 unspecified atom stereocenters. The highest BCUT2D eigenvalue weighted by Gasteiger charge is 2.32. The maximum Gasteiger partial charge on any atom is 0.267 e. The number of hydrogen-bond acceptors (Lipinski definition) is 3. The molecule has 1 atom stereocenters. The van der Waals surface area contributed by atoms with Crippen LogP contribution < -0.4 is 5.73 Å². The summed E-state index contributed by atoms with van der Waals surface area (Å²) in [5.41, 5.74) is 9.14. The first-order valence-electron chi connectivity index (χ1n) is 9.42. The van der Waals surface area contributed by atoms with E-state index in [0.29, 0.717) is 16.1 Å². The highest BCUT2D eigenvalue weighted by Crippen LogP contribution is 2.38. The van der Waals surface area contributed by atoms with Gasteiger partial charge in [0.05, 0.1) is 6.04 Å². The molecule has 1 aromatic heterocycles. The fourth-order valence-corrected chi connectivity index (χ4v) is 4.10. The number of aryl methyl sites for hydroxylation is 1. The van der Waals surface area contributed by atoms with Gasteiger partial charge in [0, 0.05) is 28.9 Å². The molecule has 0 fully saturated rings. The highest BCUT2D eigenvalue weighted by molar-refractivity contribution is 6.30. The molecule has 0 saturated carbocycles. The molecule has 1 aliphatic carbocycles. The Balaban J connectivity index is 1.77. The minimum absolute atomic E-state index is 0.109. The molecular weight excluding hydrogens is 386 g/mol. The molecule has 0 saturated heterocycles. The first-order chi connectivity index (χ1) is 14.0. The van der Waals surface area contributed by atoms with Crippen LogP contribution in [0.25, 0.3) is 0 Å². The molecule has 5 nitrogen and oxygen atoms in total. The van der Waals surface area contributed by atoms with Crippen molar-refractivity contribution in [2.24, 2.45) is 5.73 Å². The lowest BCUT2D eigenvalue weighted by Gasteiger charge is -2.30. The average Bonchev–Trinajstić information content (AvgIpc) is 3.15. The Morgan fingerprint density at radius 2 is 1.90 bits per heavy atom. The number of nitrogens with two attached hydrogens (primary N) is 1. The zero-order chi connectivity index (χ0) is 20.4. The van der Waals surface area contributed by atoms with E-state index < -0.39 is 5.91 Å². The number of fused-ring (bicyclic) bond motifs is 1. The predicted molar refractivity (Wildman–Crippen MR) is 112 cm³/mol. The predicted octanol–water partition coefficient (Wildman–Crippen LogP) is 4.16. The number of nitrogens with zero attached hydrogens (tertiary/aromatic N) is 2. The fourth-order valence-electron chi connectivity index (χ4n) is 3.92. The standard InChI is InChI=1S/C23H20ClN3O2/c24-18-10-8-15-9-11-20(19(15)13-18)27(23(29)16-5-2-1-3-6-16)14-17-7-4-12-26-21(17)22(25)28/h1-8,10,12-13,20H,9,11,14H2,(H2,25,28)/t20-/m1/s1. The molecule has 0 aliphatic heterocycles. The summed E-state index contributed by atoms with van der Waals surface area (Å²) in [4.78, 5) is 31.2. The van der Waals surface area contributed by atoms with Gasteiger partial charge in [0.2, 0.25) is 0 Å². The van der Waals surface area contributed by atoms with E-state index >= 15 is 0 Å². The van der Waals surface area contributed by atoms with Crippen molar-refractivity contribution in [3.05, 3.63) is 99.8 Å². The molecule has 146 valence electrons. The van der Waals surface area contributed by atoms with Gasteiger partial charge in [-0.2, -0.15) is 0 Å². The number of pyridine rings is 1. The SMILES string of the molecule is NC(=O)c1ncccc1CN(C(=O)c1ccccc1)[C@@H]1CCc2ccc(Cl)cc21. The summed E-state index contributed by atoms with van der Waals surface area (Å²) in [7, 11) is 0. The maximum atomic E-state index is 13.5. The molecule has 2 aromatic carbocycles. The van der Waals surface area contributed by atoms with Crippen molar-refractivity contribution in [3.63, 3.8) is 0 Å². The van der Waals surface area contributed by atoms with Gasteiger partial charge in [0.25, 0.3) is 11.8 Å². The average molecular weight is 406 g/mol. The molecule has 1 heterocycles. The number of amides is 2. The molecule has 0 spiro atoms. The Labute approximate surface area is 174 Å². The van der Waals surface area contributed by atoms with Crippen molar-refractivity contribution in [2.45, 2.75) is 25.4 Å². The Kier molecular flexibility index (Phi) is 5.32. The van der Waals surface area contributed by atoms with Crippen LogP contribution in [0, 0.1) is 0 Å². The van der Waals surface area contributed by atoms with Crippen LogP contribution in [-0.2, 0) is 13.0 Å². The van der Waals surface area contributed by atoms with Crippen LogP contribution in [0.5, 0.6) is 0 Å². The first-order valence-corrected chi connectivity index (χ1v) is 9.80. The lowest BCUT2D eigenvalue weighted by Crippen LogP contribution is -2.34. The summed E-state index contributed by atoms with van der Waals surface area (Å²) < 4.78 is 0. The van der Waals surface area contributed by atoms with E-state index in [9.17, 15) is 9.59 Å². The van der Waals surface area contributed by atoms with E-state index in [0.717, 1.165) is 18.4 Å². The van der Waals surface area contributed by atoms with Gasteiger partial charge in [0.1, 0.15) is 5.69 Å². The van der Waals surface area contributed by atoms with Gasteiger partial charge in [-0.05, 0) is 54.3 Å². The van der Waals surface area contributed by atoms with Gasteiger partial charge >= 0.3 is 0 Å². The van der Waals surface area contributed by atoms with Crippen molar-refractivity contribution >= 4 is 23.4 Å². The molecule has 0 radical (unpaired) electrons. The number of carbonyl (C=O) groups is 2. The monoisotopic (exact) mass is 405 g/mol. The number of benzene rings is 2. The van der Waals surface area contributed by atoms with Crippen LogP contribution in [0.2, 0.25) is 5.02 Å². The molecule has 2 N–H and O–H groups in total. The minimum Gasteiger partial charge on any atom is -0.364 e. The van der Waals surface area contributed by atoms with Gasteiger partial charge < -0.3 is 10.6 Å². The third-order valence-corrected chi connectivity index (χ3v) is 5.51. The van der Waals surface area contributed by atoms with Crippen LogP contribution in [-0.4, -0.2) is 21.7 Å². The normalized spacial score (nSPS) is 15.0. The fraction of sp³-hybridized carbons (Fsp3) is 0.174. The van der Waals surface area contributed by atoms with Crippen LogP contribution in [0.4, 0.5) is 0 Å². The third-order valence-electron chi connectivity index (χ3n) is 5.28. The Morgan fingerprint density at radius 1 is 1.10 bits per heavy atom. The first kappa shape index (κ1) is 19.2. The topological polar surface area (TPSA) is 76.3 Å². The molecule has 1 aliphatic rings. The van der Waals surface area contributed by atoms with Crippen molar-refractivity contribution in [1.82, 2.24) is 9.88 Å². The largest absolute Gasteiger partial charge is 0.364 e. The molecule has 2 amide bonds. The maximum absolute atomic E-state index is 13.5. The molecule has 6 heteroatoms.